The number of carbonyl (C=O) groups excluding carboxylic acids is 2. The van der Waals surface area contributed by atoms with Crippen LogP contribution in [0.1, 0.15) is 86.0 Å². The second-order valence-electron chi connectivity index (χ2n) is 14.6. The van der Waals surface area contributed by atoms with E-state index in [0.29, 0.717) is 38.0 Å². The molecule has 0 spiro atoms. The molecule has 0 aromatic carbocycles. The van der Waals surface area contributed by atoms with E-state index < -0.39 is 41.8 Å². The summed E-state index contributed by atoms with van der Waals surface area (Å²) in [6, 6.07) is 0. The Balaban J connectivity index is 1.71. The van der Waals surface area contributed by atoms with E-state index >= 15 is 0 Å². The molecule has 9 atom stereocenters. The molecule has 9 nitrogen and oxygen atoms in total. The van der Waals surface area contributed by atoms with Crippen LogP contribution >= 0.6 is 0 Å². The van der Waals surface area contributed by atoms with Crippen LogP contribution in [-0.4, -0.2) is 83.2 Å². The van der Waals surface area contributed by atoms with Gasteiger partial charge in [0, 0.05) is 31.3 Å². The van der Waals surface area contributed by atoms with E-state index in [0.717, 1.165) is 24.0 Å². The summed E-state index contributed by atoms with van der Waals surface area (Å²) in [5.74, 6) is -0.720. The lowest BCUT2D eigenvalue weighted by atomic mass is 9.73. The molecule has 0 radical (unpaired) electrons. The van der Waals surface area contributed by atoms with Crippen molar-refractivity contribution in [3.05, 3.63) is 84.6 Å². The van der Waals surface area contributed by atoms with Gasteiger partial charge in [-0.25, -0.2) is 9.59 Å². The minimum atomic E-state index is -1.31. The van der Waals surface area contributed by atoms with Crippen molar-refractivity contribution >= 4 is 11.9 Å². The highest BCUT2D eigenvalue weighted by Gasteiger charge is 2.49. The van der Waals surface area contributed by atoms with Crippen LogP contribution in [0.5, 0.6) is 0 Å². The normalized spacial score (nSPS) is 35.3. The number of ether oxygens (including phenoxy) is 4. The Labute approximate surface area is 299 Å². The van der Waals surface area contributed by atoms with Gasteiger partial charge in [-0.1, -0.05) is 101 Å². The van der Waals surface area contributed by atoms with Crippen molar-refractivity contribution in [2.45, 2.75) is 129 Å². The predicted octanol–water partition coefficient (Wildman–Crippen LogP) is 6.41. The molecule has 0 aliphatic carbocycles. The van der Waals surface area contributed by atoms with Crippen molar-refractivity contribution < 1.29 is 43.9 Å². The maximum absolute atomic E-state index is 13.0. The van der Waals surface area contributed by atoms with Crippen LogP contribution in [0, 0.1) is 17.3 Å². The van der Waals surface area contributed by atoms with Crippen molar-refractivity contribution in [3.8, 4) is 0 Å². The number of aliphatic hydroxyl groups is 3. The highest BCUT2D eigenvalue weighted by molar-refractivity contribution is 5.82. The first-order chi connectivity index (χ1) is 23.8. The van der Waals surface area contributed by atoms with Gasteiger partial charge < -0.3 is 34.3 Å². The summed E-state index contributed by atoms with van der Waals surface area (Å²) in [6.07, 6.45) is 21.0. The molecule has 2 fully saturated rings. The standard InChI is InChI=1S/C41H60O9/c1-28(2)21-22-30(4)26-47-40(46)34(43)18-13-14-19-37-41(6,27-42)38-25-33(49-37)17-10-7-9-15-29(3)23-36-31(5)35(44)24-32(48-36)16-11-8-12-20-39(45)50-38/h8-15,17,20,23,28,31-38,42-44H,4,7,16,18-19,21-22,24-27H2,1-3,5-6H3/b11-8+,14-13-,15-9+,17-10+,20-12+,29-23-/t31-,32+,33-,34-,35+,36-,37+,38-,41+/m0/s1. The van der Waals surface area contributed by atoms with Crippen LogP contribution in [0.2, 0.25) is 0 Å². The zero-order chi connectivity index (χ0) is 36.7. The van der Waals surface area contributed by atoms with Gasteiger partial charge in [-0.15, -0.1) is 0 Å². The second kappa shape index (κ2) is 20.7. The maximum atomic E-state index is 13.0. The summed E-state index contributed by atoms with van der Waals surface area (Å²) in [6.45, 7) is 13.9. The largest absolute Gasteiger partial charge is 0.459 e. The quantitative estimate of drug-likeness (QED) is 0.166. The van der Waals surface area contributed by atoms with Gasteiger partial charge in [0.2, 0.25) is 0 Å². The van der Waals surface area contributed by atoms with Crippen LogP contribution < -0.4 is 0 Å². The van der Waals surface area contributed by atoms with Crippen LogP contribution in [-0.2, 0) is 28.5 Å². The summed E-state index contributed by atoms with van der Waals surface area (Å²) in [5, 5.41) is 31.6. The highest BCUT2D eigenvalue weighted by Crippen LogP contribution is 2.41. The molecule has 3 aliphatic rings. The highest BCUT2D eigenvalue weighted by atomic mass is 16.6. The Morgan fingerprint density at radius 3 is 2.66 bits per heavy atom. The Morgan fingerprint density at radius 2 is 1.92 bits per heavy atom. The molecule has 2 saturated heterocycles. The summed E-state index contributed by atoms with van der Waals surface area (Å²) >= 11 is 0. The fourth-order valence-corrected chi connectivity index (χ4v) is 6.27. The average molecular weight is 697 g/mol. The van der Waals surface area contributed by atoms with Gasteiger partial charge in [0.05, 0.1) is 42.5 Å². The number of allylic oxidation sites excluding steroid dienone is 6. The summed E-state index contributed by atoms with van der Waals surface area (Å²) in [5.41, 5.74) is 0.954. The fraction of sp³-hybridized carbons (Fsp3) is 0.610. The molecule has 3 N–H and O–H groups in total. The van der Waals surface area contributed by atoms with Crippen LogP contribution in [0.25, 0.3) is 0 Å². The van der Waals surface area contributed by atoms with Gasteiger partial charge in [0.15, 0.2) is 6.10 Å². The molecule has 3 heterocycles. The number of hydrogen-bond donors (Lipinski definition) is 3. The average Bonchev–Trinajstić information content (AvgIpc) is 3.07. The fourth-order valence-electron chi connectivity index (χ4n) is 6.27. The molecule has 3 rings (SSSR count). The molecular weight excluding hydrogens is 636 g/mol. The Bertz CT molecular complexity index is 1290. The van der Waals surface area contributed by atoms with Crippen molar-refractivity contribution in [2.24, 2.45) is 17.3 Å². The van der Waals surface area contributed by atoms with Crippen LogP contribution in [0.15, 0.2) is 84.6 Å². The Morgan fingerprint density at radius 1 is 1.14 bits per heavy atom. The Hall–Kier alpha value is -3.08. The molecule has 9 heteroatoms. The third-order valence-electron chi connectivity index (χ3n) is 9.79. The monoisotopic (exact) mass is 696 g/mol. The topological polar surface area (TPSA) is 132 Å². The summed E-state index contributed by atoms with van der Waals surface area (Å²) < 4.78 is 23.9. The van der Waals surface area contributed by atoms with Gasteiger partial charge in [-0.3, -0.25) is 0 Å². The molecule has 0 amide bonds. The molecule has 0 aromatic rings. The van der Waals surface area contributed by atoms with E-state index in [1.54, 1.807) is 18.2 Å². The summed E-state index contributed by atoms with van der Waals surface area (Å²) in [7, 11) is 0. The number of hydrogen-bond acceptors (Lipinski definition) is 9. The van der Waals surface area contributed by atoms with Crippen LogP contribution in [0.3, 0.4) is 0 Å². The molecule has 3 aliphatic heterocycles. The zero-order valence-electron chi connectivity index (χ0n) is 30.6. The van der Waals surface area contributed by atoms with E-state index in [1.807, 2.05) is 57.2 Å². The van der Waals surface area contributed by atoms with Crippen LogP contribution in [0.4, 0.5) is 0 Å². The number of esters is 2. The third-order valence-corrected chi connectivity index (χ3v) is 9.79. The lowest BCUT2D eigenvalue weighted by Crippen LogP contribution is -2.55. The molecule has 50 heavy (non-hydrogen) atoms. The van der Waals surface area contributed by atoms with Crippen molar-refractivity contribution in [3.63, 3.8) is 0 Å². The van der Waals surface area contributed by atoms with Crippen molar-refractivity contribution in [1.82, 2.24) is 0 Å². The second-order valence-corrected chi connectivity index (χ2v) is 14.6. The molecule has 4 bridgehead atoms. The predicted molar refractivity (Wildman–Crippen MR) is 195 cm³/mol. The van der Waals surface area contributed by atoms with Gasteiger partial charge in [-0.05, 0) is 50.5 Å². The van der Waals surface area contributed by atoms with E-state index in [-0.39, 0.29) is 43.9 Å². The lowest BCUT2D eigenvalue weighted by Gasteiger charge is -2.47. The Kier molecular flexibility index (Phi) is 17.1. The first-order valence-electron chi connectivity index (χ1n) is 18.1. The first-order valence-corrected chi connectivity index (χ1v) is 18.1. The van der Waals surface area contributed by atoms with E-state index in [4.69, 9.17) is 18.9 Å². The number of fused-ring (bicyclic) bond motifs is 4. The SMILES string of the molecule is C=C(CCC(C)C)COC(=O)[C@@H](O)C/C=C\C[C@H]1O[C@H]2/C=C/C/C=C/C(C)=C\[C@@H]3O[C@H](C/C=C/C=C/C(=O)O[C@@H](C2)[C@]1(C)CO)C[C@@H](O)[C@@H]3C. The van der Waals surface area contributed by atoms with E-state index in [2.05, 4.69) is 26.5 Å². The zero-order valence-corrected chi connectivity index (χ0v) is 30.6. The van der Waals surface area contributed by atoms with E-state index in [1.165, 1.54) is 6.08 Å². The third kappa shape index (κ3) is 13.2. The molecule has 0 aromatic heterocycles. The number of rotatable bonds is 11. The van der Waals surface area contributed by atoms with Gasteiger partial charge in [0.1, 0.15) is 12.7 Å². The minimum Gasteiger partial charge on any atom is -0.459 e. The van der Waals surface area contributed by atoms with Crippen molar-refractivity contribution in [1.29, 1.82) is 0 Å². The smallest absolute Gasteiger partial charge is 0.335 e. The number of aliphatic hydroxyl groups excluding tert-OH is 3. The van der Waals surface area contributed by atoms with Gasteiger partial charge in [0.25, 0.3) is 0 Å². The van der Waals surface area contributed by atoms with E-state index in [9.17, 15) is 24.9 Å². The molecule has 278 valence electrons. The van der Waals surface area contributed by atoms with Gasteiger partial charge >= 0.3 is 11.9 Å². The van der Waals surface area contributed by atoms with Crippen molar-refractivity contribution in [2.75, 3.05) is 13.2 Å². The summed E-state index contributed by atoms with van der Waals surface area (Å²) in [4.78, 5) is 25.3. The first kappa shape index (κ1) is 41.3. The maximum Gasteiger partial charge on any atom is 0.335 e. The molecule has 0 unspecified atom stereocenters. The van der Waals surface area contributed by atoms with Gasteiger partial charge in [-0.2, -0.15) is 0 Å². The minimum absolute atomic E-state index is 0.0218. The molecule has 0 saturated carbocycles. The lowest BCUT2D eigenvalue weighted by molar-refractivity contribution is -0.198. The molecular formula is C41H60O9. The number of carbonyl (C=O) groups is 2.